The van der Waals surface area contributed by atoms with E-state index >= 15 is 0 Å². The second kappa shape index (κ2) is 4.63. The quantitative estimate of drug-likeness (QED) is 0.848. The summed E-state index contributed by atoms with van der Waals surface area (Å²) in [5, 5.41) is 9.94. The summed E-state index contributed by atoms with van der Waals surface area (Å²) in [6, 6.07) is 5.85. The maximum absolute atomic E-state index is 11.8. The number of phenols is 1. The number of fused-ring (bicyclic) bond motifs is 1. The normalized spacial score (nSPS) is 35.7. The Bertz CT molecular complexity index is 671. The molecule has 3 fully saturated rings. The van der Waals surface area contributed by atoms with Gasteiger partial charge in [0, 0.05) is 6.54 Å². The standard InChI is InChI=1S/C18H21NO4/c20-13-4-3-12-7-15-16-18(14(12)8-13,10-22-17(21)23-16)5-6-19(15)9-11-1-2-11/h3-4,8,11,15-16,20H,1-2,5-7,9-10H2/t15-,16+,18-/m1/s1. The molecule has 1 aromatic carbocycles. The molecule has 2 aliphatic heterocycles. The smallest absolute Gasteiger partial charge is 0.508 e. The first-order chi connectivity index (χ1) is 11.2. The lowest BCUT2D eigenvalue weighted by molar-refractivity contribution is -0.138. The summed E-state index contributed by atoms with van der Waals surface area (Å²) in [6.07, 6.45) is 3.73. The number of hydrogen-bond acceptors (Lipinski definition) is 5. The van der Waals surface area contributed by atoms with Gasteiger partial charge in [0.2, 0.25) is 0 Å². The summed E-state index contributed by atoms with van der Waals surface area (Å²) in [6.45, 7) is 2.48. The molecular weight excluding hydrogens is 294 g/mol. The van der Waals surface area contributed by atoms with Gasteiger partial charge in [0.05, 0.1) is 11.5 Å². The number of phenolic OH excluding ortho intramolecular Hbond substituents is 1. The number of carbonyl (C=O) groups excluding carboxylic acids is 1. The lowest BCUT2D eigenvalue weighted by Gasteiger charge is -2.56. The number of ether oxygens (including phenoxy) is 2. The molecule has 2 saturated heterocycles. The van der Waals surface area contributed by atoms with Crippen LogP contribution >= 0.6 is 0 Å². The highest BCUT2D eigenvalue weighted by Crippen LogP contribution is 2.50. The van der Waals surface area contributed by atoms with Crippen LogP contribution in [-0.2, 0) is 21.3 Å². The summed E-state index contributed by atoms with van der Waals surface area (Å²) in [5.41, 5.74) is 2.06. The van der Waals surface area contributed by atoms with Crippen molar-refractivity contribution >= 4 is 6.16 Å². The predicted molar refractivity (Wildman–Crippen MR) is 82.4 cm³/mol. The lowest BCUT2D eigenvalue weighted by Crippen LogP contribution is -2.68. The van der Waals surface area contributed by atoms with Gasteiger partial charge in [0.15, 0.2) is 0 Å². The van der Waals surface area contributed by atoms with E-state index in [1.165, 1.54) is 18.4 Å². The molecule has 122 valence electrons. The Morgan fingerprint density at radius 3 is 3.04 bits per heavy atom. The summed E-state index contributed by atoms with van der Waals surface area (Å²) in [5.74, 6) is 1.09. The largest absolute Gasteiger partial charge is 0.508 e. The zero-order chi connectivity index (χ0) is 15.6. The van der Waals surface area contributed by atoms with Crippen LogP contribution in [0.3, 0.4) is 0 Å². The molecule has 3 atom stereocenters. The zero-order valence-corrected chi connectivity index (χ0v) is 13.0. The van der Waals surface area contributed by atoms with Crippen molar-refractivity contribution in [2.75, 3.05) is 19.7 Å². The van der Waals surface area contributed by atoms with Crippen LogP contribution in [0.4, 0.5) is 4.79 Å². The van der Waals surface area contributed by atoms with E-state index in [4.69, 9.17) is 9.47 Å². The Hall–Kier alpha value is -1.75. The van der Waals surface area contributed by atoms with Gasteiger partial charge in [-0.3, -0.25) is 4.90 Å². The Labute approximate surface area is 135 Å². The average molecular weight is 315 g/mol. The molecule has 1 N–H and O–H groups in total. The second-order valence-electron chi connectivity index (χ2n) is 7.53. The van der Waals surface area contributed by atoms with Crippen LogP contribution in [0.2, 0.25) is 0 Å². The minimum atomic E-state index is -0.549. The highest BCUT2D eigenvalue weighted by molar-refractivity contribution is 5.63. The molecule has 2 heterocycles. The summed E-state index contributed by atoms with van der Waals surface area (Å²) >= 11 is 0. The van der Waals surface area contributed by atoms with Gasteiger partial charge in [-0.05, 0) is 61.4 Å². The molecule has 0 unspecified atom stereocenters. The number of hydrogen-bond donors (Lipinski definition) is 1. The number of nitrogens with zero attached hydrogens (tertiary/aromatic N) is 1. The first kappa shape index (κ1) is 13.7. The summed E-state index contributed by atoms with van der Waals surface area (Å²) in [7, 11) is 0. The van der Waals surface area contributed by atoms with Gasteiger partial charge in [-0.2, -0.15) is 0 Å². The summed E-state index contributed by atoms with van der Waals surface area (Å²) in [4.78, 5) is 14.3. The minimum Gasteiger partial charge on any atom is -0.508 e. The monoisotopic (exact) mass is 315 g/mol. The van der Waals surface area contributed by atoms with Crippen molar-refractivity contribution in [2.24, 2.45) is 5.92 Å². The fraction of sp³-hybridized carbons (Fsp3) is 0.611. The molecule has 2 aliphatic carbocycles. The van der Waals surface area contributed by atoms with Crippen LogP contribution in [0, 0.1) is 5.92 Å². The van der Waals surface area contributed by atoms with Crippen molar-refractivity contribution in [1.82, 2.24) is 4.90 Å². The molecule has 5 rings (SSSR count). The van der Waals surface area contributed by atoms with E-state index in [9.17, 15) is 9.90 Å². The minimum absolute atomic E-state index is 0.162. The molecule has 5 heteroatoms. The third kappa shape index (κ3) is 1.99. The van der Waals surface area contributed by atoms with E-state index in [2.05, 4.69) is 4.90 Å². The molecule has 1 saturated carbocycles. The van der Waals surface area contributed by atoms with Crippen LogP contribution in [-0.4, -0.2) is 48.0 Å². The van der Waals surface area contributed by atoms with Crippen LogP contribution < -0.4 is 0 Å². The highest BCUT2D eigenvalue weighted by atomic mass is 16.7. The van der Waals surface area contributed by atoms with Gasteiger partial charge >= 0.3 is 6.16 Å². The van der Waals surface area contributed by atoms with Crippen LogP contribution in [0.15, 0.2) is 18.2 Å². The lowest BCUT2D eigenvalue weighted by atomic mass is 9.61. The Balaban J connectivity index is 1.59. The van der Waals surface area contributed by atoms with E-state index in [1.54, 1.807) is 6.07 Å². The van der Waals surface area contributed by atoms with Gasteiger partial charge in [0.1, 0.15) is 18.5 Å². The van der Waals surface area contributed by atoms with Crippen LogP contribution in [0.1, 0.15) is 30.4 Å². The van der Waals surface area contributed by atoms with Crippen molar-refractivity contribution in [3.63, 3.8) is 0 Å². The maximum atomic E-state index is 11.8. The molecule has 0 spiro atoms. The third-order valence-corrected chi connectivity index (χ3v) is 6.13. The van der Waals surface area contributed by atoms with E-state index in [0.29, 0.717) is 6.61 Å². The zero-order valence-electron chi connectivity index (χ0n) is 13.0. The Kier molecular flexibility index (Phi) is 2.75. The fourth-order valence-corrected chi connectivity index (χ4v) is 4.77. The second-order valence-corrected chi connectivity index (χ2v) is 7.53. The van der Waals surface area contributed by atoms with Gasteiger partial charge < -0.3 is 14.6 Å². The molecule has 0 amide bonds. The Morgan fingerprint density at radius 2 is 2.22 bits per heavy atom. The molecule has 5 nitrogen and oxygen atoms in total. The molecule has 0 radical (unpaired) electrons. The average Bonchev–Trinajstić information content (AvgIpc) is 3.35. The van der Waals surface area contributed by atoms with E-state index in [0.717, 1.165) is 37.4 Å². The topological polar surface area (TPSA) is 59.0 Å². The van der Waals surface area contributed by atoms with Crippen molar-refractivity contribution in [3.05, 3.63) is 29.3 Å². The number of carbonyl (C=O) groups is 1. The highest BCUT2D eigenvalue weighted by Gasteiger charge is 2.58. The first-order valence-corrected chi connectivity index (χ1v) is 8.55. The van der Waals surface area contributed by atoms with Crippen molar-refractivity contribution in [1.29, 1.82) is 0 Å². The maximum Gasteiger partial charge on any atom is 0.508 e. The van der Waals surface area contributed by atoms with Gasteiger partial charge in [0.25, 0.3) is 0 Å². The SMILES string of the molecule is O=C1OC[C@]23CCN(CC4CC4)[C@H](Cc4ccc(O)cc42)[C@@H]3O1. The van der Waals surface area contributed by atoms with Gasteiger partial charge in [-0.25, -0.2) is 4.79 Å². The molecule has 2 bridgehead atoms. The summed E-state index contributed by atoms with van der Waals surface area (Å²) < 4.78 is 11.0. The van der Waals surface area contributed by atoms with Crippen molar-refractivity contribution in [2.45, 2.75) is 43.2 Å². The van der Waals surface area contributed by atoms with Crippen LogP contribution in [0.25, 0.3) is 0 Å². The number of rotatable bonds is 2. The molecule has 23 heavy (non-hydrogen) atoms. The molecule has 1 aromatic rings. The van der Waals surface area contributed by atoms with Crippen molar-refractivity contribution in [3.8, 4) is 5.75 Å². The van der Waals surface area contributed by atoms with E-state index < -0.39 is 6.16 Å². The number of likely N-dealkylation sites (tertiary alicyclic amines) is 1. The fourth-order valence-electron chi connectivity index (χ4n) is 4.77. The van der Waals surface area contributed by atoms with Gasteiger partial charge in [-0.15, -0.1) is 0 Å². The van der Waals surface area contributed by atoms with Crippen molar-refractivity contribution < 1.29 is 19.4 Å². The number of piperidine rings is 1. The number of benzene rings is 1. The number of aromatic hydroxyl groups is 1. The molecule has 0 aromatic heterocycles. The third-order valence-electron chi connectivity index (χ3n) is 6.13. The van der Waals surface area contributed by atoms with E-state index in [-0.39, 0.29) is 23.3 Å². The molecule has 4 aliphatic rings. The predicted octanol–water partition coefficient (Wildman–Crippen LogP) is 2.21. The van der Waals surface area contributed by atoms with Gasteiger partial charge in [-0.1, -0.05) is 6.07 Å². The molecular formula is C18H21NO4. The van der Waals surface area contributed by atoms with Crippen LogP contribution in [0.5, 0.6) is 5.75 Å². The van der Waals surface area contributed by atoms with E-state index in [1.807, 2.05) is 12.1 Å². The Morgan fingerprint density at radius 1 is 1.35 bits per heavy atom. The number of cyclic esters (lactones) is 1. The first-order valence-electron chi connectivity index (χ1n) is 8.55.